The van der Waals surface area contributed by atoms with E-state index in [1.54, 1.807) is 0 Å². The van der Waals surface area contributed by atoms with Crippen LogP contribution >= 0.6 is 12.4 Å². The molecule has 1 aliphatic carbocycles. The van der Waals surface area contributed by atoms with Crippen LogP contribution in [-0.2, 0) is 4.79 Å². The van der Waals surface area contributed by atoms with Gasteiger partial charge in [-0.1, -0.05) is 12.8 Å². The van der Waals surface area contributed by atoms with Gasteiger partial charge in [-0.05, 0) is 63.5 Å². The number of hydrogen-bond donors (Lipinski definition) is 1. The van der Waals surface area contributed by atoms with Crippen LogP contribution in [0.25, 0.3) is 0 Å². The number of carbonyl (C=O) groups is 1. The van der Waals surface area contributed by atoms with Crippen molar-refractivity contribution in [3.63, 3.8) is 0 Å². The lowest BCUT2D eigenvalue weighted by atomic mass is 9.95. The van der Waals surface area contributed by atoms with E-state index in [2.05, 4.69) is 10.2 Å². The Hall–Kier alpha value is -0.280. The molecule has 0 aromatic heterocycles. The van der Waals surface area contributed by atoms with Gasteiger partial charge in [-0.25, -0.2) is 0 Å². The molecule has 0 radical (unpaired) electrons. The second kappa shape index (κ2) is 7.65. The highest BCUT2D eigenvalue weighted by molar-refractivity contribution is 5.85. The number of nitrogens with one attached hydrogen (secondary N) is 1. The number of likely N-dealkylation sites (tertiary alicyclic amines) is 1. The lowest BCUT2D eigenvalue weighted by Gasteiger charge is -2.29. The largest absolute Gasteiger partial charge is 0.339 e. The van der Waals surface area contributed by atoms with Crippen molar-refractivity contribution >= 4 is 18.3 Å². The Bertz CT molecular complexity index is 312. The zero-order chi connectivity index (χ0) is 13.1. The van der Waals surface area contributed by atoms with Crippen LogP contribution in [0, 0.1) is 11.8 Å². The van der Waals surface area contributed by atoms with E-state index in [4.69, 9.17) is 0 Å². The highest BCUT2D eigenvalue weighted by Crippen LogP contribution is 2.35. The first-order chi connectivity index (χ1) is 9.34. The van der Waals surface area contributed by atoms with E-state index in [9.17, 15) is 4.79 Å². The van der Waals surface area contributed by atoms with Gasteiger partial charge in [-0.3, -0.25) is 4.79 Å². The molecule has 2 unspecified atom stereocenters. The van der Waals surface area contributed by atoms with E-state index in [1.807, 2.05) is 0 Å². The summed E-state index contributed by atoms with van der Waals surface area (Å²) in [5, 5.41) is 3.39. The number of carbonyl (C=O) groups excluding carboxylic acids is 1. The summed E-state index contributed by atoms with van der Waals surface area (Å²) in [7, 11) is 0. The van der Waals surface area contributed by atoms with Crippen LogP contribution in [0.5, 0.6) is 0 Å². The van der Waals surface area contributed by atoms with Crippen LogP contribution in [0.3, 0.4) is 0 Å². The molecular formula is C16H29ClN2O. The number of amides is 1. The fraction of sp³-hybridized carbons (Fsp3) is 0.938. The molecule has 0 aromatic carbocycles. The van der Waals surface area contributed by atoms with Gasteiger partial charge < -0.3 is 10.2 Å². The highest BCUT2D eigenvalue weighted by atomic mass is 35.5. The van der Waals surface area contributed by atoms with Crippen molar-refractivity contribution < 1.29 is 4.79 Å². The second-order valence-electron chi connectivity index (χ2n) is 6.74. The molecule has 0 aromatic rings. The van der Waals surface area contributed by atoms with Gasteiger partial charge in [0, 0.05) is 19.0 Å². The van der Waals surface area contributed by atoms with Gasteiger partial charge in [-0.15, -0.1) is 12.4 Å². The summed E-state index contributed by atoms with van der Waals surface area (Å²) >= 11 is 0. The summed E-state index contributed by atoms with van der Waals surface area (Å²) in [6.45, 7) is 3.30. The van der Waals surface area contributed by atoms with Crippen LogP contribution in [0.2, 0.25) is 0 Å². The van der Waals surface area contributed by atoms with Gasteiger partial charge in [0.2, 0.25) is 5.91 Å². The Morgan fingerprint density at radius 3 is 2.60 bits per heavy atom. The van der Waals surface area contributed by atoms with E-state index in [-0.39, 0.29) is 12.4 Å². The molecule has 116 valence electrons. The summed E-state index contributed by atoms with van der Waals surface area (Å²) in [6.07, 6.45) is 11.1. The van der Waals surface area contributed by atoms with E-state index in [1.165, 1.54) is 44.9 Å². The van der Waals surface area contributed by atoms with E-state index in [0.717, 1.165) is 44.3 Å². The summed E-state index contributed by atoms with van der Waals surface area (Å²) < 4.78 is 0. The Kier molecular flexibility index (Phi) is 6.16. The van der Waals surface area contributed by atoms with E-state index >= 15 is 0 Å². The standard InChI is InChI=1S/C16H28N2O.ClH/c19-16(8-7-13-9-10-17-12-13)18-11-3-6-15(18)14-4-1-2-5-14;/h13-15,17H,1-12H2;1H. The molecule has 2 aliphatic heterocycles. The maximum atomic E-state index is 12.5. The summed E-state index contributed by atoms with van der Waals surface area (Å²) in [5.74, 6) is 2.01. The zero-order valence-corrected chi connectivity index (χ0v) is 13.3. The molecule has 0 bridgehead atoms. The lowest BCUT2D eigenvalue weighted by Crippen LogP contribution is -2.39. The SMILES string of the molecule is Cl.O=C(CCC1CCNC1)N1CCCC1C1CCCC1. The first-order valence-electron chi connectivity index (χ1n) is 8.35. The smallest absolute Gasteiger partial charge is 0.222 e. The van der Waals surface area contributed by atoms with E-state index in [0.29, 0.717) is 11.9 Å². The number of halogens is 1. The molecule has 0 spiro atoms. The summed E-state index contributed by atoms with van der Waals surface area (Å²) in [6, 6.07) is 0.594. The Labute approximate surface area is 129 Å². The van der Waals surface area contributed by atoms with Crippen molar-refractivity contribution in [1.29, 1.82) is 0 Å². The molecule has 3 fully saturated rings. The molecule has 20 heavy (non-hydrogen) atoms. The second-order valence-corrected chi connectivity index (χ2v) is 6.74. The van der Waals surface area contributed by atoms with Crippen LogP contribution in [0.1, 0.15) is 57.8 Å². The third-order valence-electron chi connectivity index (χ3n) is 5.49. The fourth-order valence-electron chi connectivity index (χ4n) is 4.37. The summed E-state index contributed by atoms with van der Waals surface area (Å²) in [4.78, 5) is 14.7. The molecular weight excluding hydrogens is 272 g/mol. The third-order valence-corrected chi connectivity index (χ3v) is 5.49. The van der Waals surface area contributed by atoms with Crippen LogP contribution in [0.15, 0.2) is 0 Å². The minimum Gasteiger partial charge on any atom is -0.339 e. The van der Waals surface area contributed by atoms with Crippen LogP contribution in [-0.4, -0.2) is 36.5 Å². The van der Waals surface area contributed by atoms with Gasteiger partial charge in [0.25, 0.3) is 0 Å². The van der Waals surface area contributed by atoms with Crippen molar-refractivity contribution in [3.05, 3.63) is 0 Å². The number of nitrogens with zero attached hydrogens (tertiary/aromatic N) is 1. The Balaban J connectivity index is 0.00000147. The highest BCUT2D eigenvalue weighted by Gasteiger charge is 2.35. The molecule has 3 aliphatic rings. The molecule has 4 heteroatoms. The van der Waals surface area contributed by atoms with Crippen molar-refractivity contribution in [2.45, 2.75) is 63.8 Å². The molecule has 3 nitrogen and oxygen atoms in total. The monoisotopic (exact) mass is 300 g/mol. The Morgan fingerprint density at radius 2 is 1.90 bits per heavy atom. The molecule has 3 rings (SSSR count). The predicted octanol–water partition coefficient (Wildman–Crippen LogP) is 2.98. The van der Waals surface area contributed by atoms with Crippen molar-refractivity contribution in [2.75, 3.05) is 19.6 Å². The molecule has 1 amide bonds. The molecule has 2 atom stereocenters. The topological polar surface area (TPSA) is 32.3 Å². The predicted molar refractivity (Wildman–Crippen MR) is 84.2 cm³/mol. The maximum absolute atomic E-state index is 12.5. The van der Waals surface area contributed by atoms with Gasteiger partial charge >= 0.3 is 0 Å². The quantitative estimate of drug-likeness (QED) is 0.866. The minimum absolute atomic E-state index is 0. The fourth-order valence-corrected chi connectivity index (χ4v) is 4.37. The normalized spacial score (nSPS) is 30.7. The van der Waals surface area contributed by atoms with Crippen LogP contribution in [0.4, 0.5) is 0 Å². The maximum Gasteiger partial charge on any atom is 0.222 e. The van der Waals surface area contributed by atoms with Crippen LogP contribution < -0.4 is 5.32 Å². The minimum atomic E-state index is 0. The lowest BCUT2D eigenvalue weighted by molar-refractivity contribution is -0.133. The first-order valence-corrected chi connectivity index (χ1v) is 8.35. The van der Waals surface area contributed by atoms with Gasteiger partial charge in [0.15, 0.2) is 0 Å². The van der Waals surface area contributed by atoms with Gasteiger partial charge in [0.1, 0.15) is 0 Å². The van der Waals surface area contributed by atoms with E-state index < -0.39 is 0 Å². The molecule has 1 saturated carbocycles. The Morgan fingerprint density at radius 1 is 1.10 bits per heavy atom. The zero-order valence-electron chi connectivity index (χ0n) is 12.5. The van der Waals surface area contributed by atoms with Crippen molar-refractivity contribution in [2.24, 2.45) is 11.8 Å². The number of hydrogen-bond acceptors (Lipinski definition) is 2. The van der Waals surface area contributed by atoms with Crippen molar-refractivity contribution in [3.8, 4) is 0 Å². The number of rotatable bonds is 4. The average molecular weight is 301 g/mol. The van der Waals surface area contributed by atoms with Gasteiger partial charge in [0.05, 0.1) is 0 Å². The molecule has 2 saturated heterocycles. The first kappa shape index (κ1) is 16.1. The molecule has 2 heterocycles. The summed E-state index contributed by atoms with van der Waals surface area (Å²) in [5.41, 5.74) is 0. The average Bonchev–Trinajstić information content (AvgIpc) is 3.14. The molecule has 1 N–H and O–H groups in total. The van der Waals surface area contributed by atoms with Gasteiger partial charge in [-0.2, -0.15) is 0 Å². The third kappa shape index (κ3) is 3.67. The van der Waals surface area contributed by atoms with Crippen molar-refractivity contribution in [1.82, 2.24) is 10.2 Å².